The fourth-order valence-corrected chi connectivity index (χ4v) is 1.80. The normalized spacial score (nSPS) is 10.2. The van der Waals surface area contributed by atoms with Crippen molar-refractivity contribution in [2.45, 2.75) is 0 Å². The van der Waals surface area contributed by atoms with E-state index in [9.17, 15) is 4.79 Å². The largest absolute Gasteiger partial charge is 0.478 e. The van der Waals surface area contributed by atoms with Gasteiger partial charge in [-0.05, 0) is 40.8 Å². The van der Waals surface area contributed by atoms with Crippen molar-refractivity contribution in [2.75, 3.05) is 0 Å². The number of ether oxygens (including phenoxy) is 1. The quantitative estimate of drug-likeness (QED) is 0.869. The molecule has 1 heterocycles. The van der Waals surface area contributed by atoms with Gasteiger partial charge in [-0.15, -0.1) is 0 Å². The molecular weight excluding hydrogens is 335 g/mol. The maximum absolute atomic E-state index is 11.1. The number of rotatable bonds is 3. The van der Waals surface area contributed by atoms with E-state index >= 15 is 0 Å². The van der Waals surface area contributed by atoms with E-state index in [0.29, 0.717) is 6.01 Å². The van der Waals surface area contributed by atoms with Gasteiger partial charge in [0.1, 0.15) is 11.3 Å². The number of nitrogens with zero attached hydrogens (tertiary/aromatic N) is 2. The van der Waals surface area contributed by atoms with Crippen LogP contribution in [0.25, 0.3) is 0 Å². The predicted molar refractivity (Wildman–Crippen MR) is 69.4 cm³/mol. The fraction of sp³-hybridized carbons (Fsp3) is 0.0909. The molecule has 0 radical (unpaired) electrons. The second kappa shape index (κ2) is 4.74. The number of aromatic carboxylic acids is 1. The Morgan fingerprint density at radius 2 is 2.29 bits per heavy atom. The molecule has 0 saturated heterocycles. The monoisotopic (exact) mass is 344 g/mol. The standard InChI is InChI=1S/C11H9IN2O3/c1-14-5-4-13-11(14)17-9-3-2-7(12)6-8(9)10(15)16/h2-6H,1H3,(H,15,16). The first-order chi connectivity index (χ1) is 8.08. The van der Waals surface area contributed by atoms with E-state index in [1.54, 1.807) is 42.2 Å². The molecule has 0 aliphatic rings. The number of benzene rings is 1. The summed E-state index contributed by atoms with van der Waals surface area (Å²) in [5.74, 6) is -0.736. The number of imidazole rings is 1. The highest BCUT2D eigenvalue weighted by Crippen LogP contribution is 2.25. The Hall–Kier alpha value is -1.57. The number of carboxylic acid groups (broad SMARTS) is 1. The summed E-state index contributed by atoms with van der Waals surface area (Å²) < 4.78 is 7.97. The van der Waals surface area contributed by atoms with Gasteiger partial charge in [0.15, 0.2) is 0 Å². The molecule has 0 fully saturated rings. The van der Waals surface area contributed by atoms with Crippen molar-refractivity contribution in [1.82, 2.24) is 9.55 Å². The zero-order valence-electron chi connectivity index (χ0n) is 8.92. The summed E-state index contributed by atoms with van der Waals surface area (Å²) in [5, 5.41) is 9.08. The van der Waals surface area contributed by atoms with Crippen molar-refractivity contribution in [3.05, 3.63) is 39.7 Å². The van der Waals surface area contributed by atoms with Crippen LogP contribution in [0.15, 0.2) is 30.6 Å². The third-order valence-corrected chi connectivity index (χ3v) is 2.82. The molecule has 2 rings (SSSR count). The summed E-state index contributed by atoms with van der Waals surface area (Å²) >= 11 is 2.05. The first-order valence-electron chi connectivity index (χ1n) is 4.76. The van der Waals surface area contributed by atoms with Gasteiger partial charge in [0.2, 0.25) is 0 Å². The van der Waals surface area contributed by atoms with Crippen molar-refractivity contribution < 1.29 is 14.6 Å². The summed E-state index contributed by atoms with van der Waals surface area (Å²) in [4.78, 5) is 15.1. The second-order valence-corrected chi connectivity index (χ2v) is 4.61. The van der Waals surface area contributed by atoms with Gasteiger partial charge in [-0.3, -0.25) is 0 Å². The van der Waals surface area contributed by atoms with E-state index in [-0.39, 0.29) is 11.3 Å². The van der Waals surface area contributed by atoms with E-state index < -0.39 is 5.97 Å². The van der Waals surface area contributed by atoms with Crippen LogP contribution in [0.2, 0.25) is 0 Å². The van der Waals surface area contributed by atoms with Crippen molar-refractivity contribution >= 4 is 28.6 Å². The number of hydrogen-bond donors (Lipinski definition) is 1. The minimum Gasteiger partial charge on any atom is -0.478 e. The van der Waals surface area contributed by atoms with Crippen LogP contribution >= 0.6 is 22.6 Å². The minimum absolute atomic E-state index is 0.125. The molecule has 1 N–H and O–H groups in total. The molecule has 88 valence electrons. The average molecular weight is 344 g/mol. The topological polar surface area (TPSA) is 64.4 Å². The maximum atomic E-state index is 11.1. The number of hydrogen-bond acceptors (Lipinski definition) is 3. The molecule has 0 bridgehead atoms. The second-order valence-electron chi connectivity index (χ2n) is 3.37. The molecule has 6 heteroatoms. The lowest BCUT2D eigenvalue weighted by atomic mass is 10.2. The first kappa shape index (κ1) is 11.9. The Bertz CT molecular complexity index is 566. The summed E-state index contributed by atoms with van der Waals surface area (Å²) in [6, 6.07) is 5.32. The molecule has 0 aliphatic heterocycles. The van der Waals surface area contributed by atoms with Crippen LogP contribution in [0.1, 0.15) is 10.4 Å². The van der Waals surface area contributed by atoms with Crippen LogP contribution in [-0.2, 0) is 7.05 Å². The molecule has 0 atom stereocenters. The number of carbonyl (C=O) groups is 1. The van der Waals surface area contributed by atoms with Crippen molar-refractivity contribution in [3.8, 4) is 11.8 Å². The van der Waals surface area contributed by atoms with Gasteiger partial charge in [0.05, 0.1) is 0 Å². The predicted octanol–water partition coefficient (Wildman–Crippen LogP) is 2.52. The van der Waals surface area contributed by atoms with Crippen LogP contribution in [-0.4, -0.2) is 20.6 Å². The van der Waals surface area contributed by atoms with Crippen LogP contribution < -0.4 is 4.74 Å². The van der Waals surface area contributed by atoms with Gasteiger partial charge in [-0.25, -0.2) is 9.78 Å². The molecule has 0 unspecified atom stereocenters. The number of carboxylic acids is 1. The SMILES string of the molecule is Cn1ccnc1Oc1ccc(I)cc1C(=O)O. The minimum atomic E-state index is -1.02. The van der Waals surface area contributed by atoms with Gasteiger partial charge in [0, 0.05) is 23.0 Å². The van der Waals surface area contributed by atoms with E-state index in [0.717, 1.165) is 3.57 Å². The van der Waals surface area contributed by atoms with E-state index in [2.05, 4.69) is 27.6 Å². The number of aryl methyl sites for hydroxylation is 1. The van der Waals surface area contributed by atoms with Crippen molar-refractivity contribution in [1.29, 1.82) is 0 Å². The maximum Gasteiger partial charge on any atom is 0.339 e. The van der Waals surface area contributed by atoms with E-state index in [4.69, 9.17) is 9.84 Å². The molecule has 0 amide bonds. The molecular formula is C11H9IN2O3. The lowest BCUT2D eigenvalue weighted by molar-refractivity contribution is 0.0694. The van der Waals surface area contributed by atoms with Crippen LogP contribution in [0.4, 0.5) is 0 Å². The van der Waals surface area contributed by atoms with Gasteiger partial charge in [-0.2, -0.15) is 0 Å². The lowest BCUT2D eigenvalue weighted by Gasteiger charge is -2.08. The molecule has 5 nitrogen and oxygen atoms in total. The Morgan fingerprint density at radius 1 is 1.53 bits per heavy atom. The molecule has 1 aromatic carbocycles. The van der Waals surface area contributed by atoms with E-state index in [1.165, 1.54) is 0 Å². The smallest absolute Gasteiger partial charge is 0.339 e. The van der Waals surface area contributed by atoms with Crippen LogP contribution in [0, 0.1) is 3.57 Å². The highest BCUT2D eigenvalue weighted by molar-refractivity contribution is 14.1. The molecule has 1 aromatic heterocycles. The molecule has 0 saturated carbocycles. The molecule has 17 heavy (non-hydrogen) atoms. The molecule has 0 spiro atoms. The van der Waals surface area contributed by atoms with Gasteiger partial charge >= 0.3 is 12.0 Å². The highest BCUT2D eigenvalue weighted by atomic mass is 127. The fourth-order valence-electron chi connectivity index (χ4n) is 1.31. The zero-order chi connectivity index (χ0) is 12.4. The molecule has 2 aromatic rings. The summed E-state index contributed by atoms with van der Waals surface area (Å²) in [6.07, 6.45) is 3.31. The summed E-state index contributed by atoms with van der Waals surface area (Å²) in [6.45, 7) is 0. The zero-order valence-corrected chi connectivity index (χ0v) is 11.1. The first-order valence-corrected chi connectivity index (χ1v) is 5.84. The molecule has 0 aliphatic carbocycles. The third-order valence-electron chi connectivity index (χ3n) is 2.15. The lowest BCUT2D eigenvalue weighted by Crippen LogP contribution is -2.02. The number of halogens is 1. The Labute approximate surface area is 111 Å². The van der Waals surface area contributed by atoms with Gasteiger partial charge in [0.25, 0.3) is 0 Å². The van der Waals surface area contributed by atoms with Gasteiger partial charge in [-0.1, -0.05) is 0 Å². The van der Waals surface area contributed by atoms with Crippen molar-refractivity contribution in [3.63, 3.8) is 0 Å². The highest BCUT2D eigenvalue weighted by Gasteiger charge is 2.14. The Morgan fingerprint density at radius 3 is 2.88 bits per heavy atom. The summed E-state index contributed by atoms with van der Waals surface area (Å²) in [7, 11) is 1.77. The van der Waals surface area contributed by atoms with Crippen molar-refractivity contribution in [2.24, 2.45) is 7.05 Å². The third kappa shape index (κ3) is 2.57. The number of aromatic nitrogens is 2. The Balaban J connectivity index is 2.39. The van der Waals surface area contributed by atoms with Crippen LogP contribution in [0.5, 0.6) is 11.8 Å². The van der Waals surface area contributed by atoms with E-state index in [1.807, 2.05) is 0 Å². The van der Waals surface area contributed by atoms with Crippen LogP contribution in [0.3, 0.4) is 0 Å². The van der Waals surface area contributed by atoms with Gasteiger partial charge < -0.3 is 14.4 Å². The summed E-state index contributed by atoms with van der Waals surface area (Å²) in [5.41, 5.74) is 0.125. The Kier molecular flexibility index (Phi) is 3.32. The average Bonchev–Trinajstić information content (AvgIpc) is 2.67.